The molecule has 28 heavy (non-hydrogen) atoms. The van der Waals surface area contributed by atoms with E-state index in [2.05, 4.69) is 53.7 Å². The second-order valence-electron chi connectivity index (χ2n) is 8.95. The van der Waals surface area contributed by atoms with Gasteiger partial charge in [-0.05, 0) is 63.1 Å². The molecule has 3 rings (SSSR count). The van der Waals surface area contributed by atoms with Crippen LogP contribution in [0.15, 0.2) is 23.8 Å². The molecule has 1 heterocycles. The van der Waals surface area contributed by atoms with Crippen molar-refractivity contribution in [3.8, 4) is 11.5 Å². The van der Waals surface area contributed by atoms with Gasteiger partial charge in [0.2, 0.25) is 0 Å². The molecule has 0 aromatic heterocycles. The predicted octanol–water partition coefficient (Wildman–Crippen LogP) is 7.16. The Morgan fingerprint density at radius 1 is 1.21 bits per heavy atom. The summed E-state index contributed by atoms with van der Waals surface area (Å²) < 4.78 is 6.43. The van der Waals surface area contributed by atoms with Crippen LogP contribution in [0.4, 0.5) is 0 Å². The summed E-state index contributed by atoms with van der Waals surface area (Å²) in [6.45, 7) is 17.3. The van der Waals surface area contributed by atoms with Crippen LogP contribution in [0, 0.1) is 5.92 Å². The Morgan fingerprint density at radius 3 is 2.39 bits per heavy atom. The summed E-state index contributed by atoms with van der Waals surface area (Å²) in [6, 6.07) is 4.18. The zero-order valence-electron chi connectivity index (χ0n) is 19.2. The number of phenols is 1. The number of phenolic OH excluding ortho intramolecular Hbond substituents is 1. The number of rotatable bonds is 3. The van der Waals surface area contributed by atoms with Gasteiger partial charge in [0.1, 0.15) is 17.1 Å². The first kappa shape index (κ1) is 27.6. The minimum atomic E-state index is -0.200. The maximum atomic E-state index is 10.9. The molecule has 1 aliphatic carbocycles. The van der Waals surface area contributed by atoms with E-state index in [9.17, 15) is 5.11 Å². The summed E-state index contributed by atoms with van der Waals surface area (Å²) in [6.07, 6.45) is 6.63. The molecule has 1 aromatic rings. The van der Waals surface area contributed by atoms with E-state index in [1.54, 1.807) is 0 Å². The molecule has 4 heteroatoms. The summed E-state index contributed by atoms with van der Waals surface area (Å²) in [5.41, 5.74) is 3.48. The summed E-state index contributed by atoms with van der Waals surface area (Å²) in [5, 5.41) is 10.9. The van der Waals surface area contributed by atoms with E-state index in [0.717, 1.165) is 37.0 Å². The Hall–Kier alpha value is -0.426. The van der Waals surface area contributed by atoms with Gasteiger partial charge in [0.15, 0.2) is 0 Å². The van der Waals surface area contributed by atoms with Crippen molar-refractivity contribution in [2.24, 2.45) is 5.92 Å². The van der Waals surface area contributed by atoms with Crippen LogP contribution in [0.2, 0.25) is 0 Å². The third-order valence-electron chi connectivity index (χ3n) is 6.16. The van der Waals surface area contributed by atoms with Crippen LogP contribution in [0.5, 0.6) is 11.5 Å². The molecular formula is C24H41O2PV. The molecule has 2 aliphatic rings. The normalized spacial score (nSPS) is 21.9. The van der Waals surface area contributed by atoms with Gasteiger partial charge in [-0.25, -0.2) is 0 Å². The molecule has 0 saturated carbocycles. The van der Waals surface area contributed by atoms with E-state index in [1.807, 2.05) is 19.9 Å². The fraction of sp³-hybridized carbons (Fsp3) is 0.667. The zero-order chi connectivity index (χ0) is 19.7. The number of aromatic hydroxyl groups is 1. The van der Waals surface area contributed by atoms with E-state index in [-0.39, 0.29) is 39.5 Å². The zero-order valence-corrected chi connectivity index (χ0v) is 22.0. The number of hydrogen-bond acceptors (Lipinski definition) is 2. The average molecular weight is 444 g/mol. The van der Waals surface area contributed by atoms with E-state index in [1.165, 1.54) is 11.1 Å². The first-order valence-electron chi connectivity index (χ1n) is 10.4. The third kappa shape index (κ3) is 5.38. The molecular weight excluding hydrogens is 402 g/mol. The van der Waals surface area contributed by atoms with Gasteiger partial charge < -0.3 is 9.84 Å². The molecule has 1 unspecified atom stereocenters. The SMILES string of the molecule is CC.CCCC(C)(C)c1cc(O)c2c(c1)OC(C)(C)[C@@H]1CC=C(C)C[C@@H]21.P.[V]. The van der Waals surface area contributed by atoms with Gasteiger partial charge in [0, 0.05) is 36.0 Å². The molecule has 1 radical (unpaired) electrons. The van der Waals surface area contributed by atoms with E-state index in [0.29, 0.717) is 17.6 Å². The number of ether oxygens (including phenoxy) is 1. The van der Waals surface area contributed by atoms with Crippen molar-refractivity contribution in [3.63, 3.8) is 0 Å². The van der Waals surface area contributed by atoms with Gasteiger partial charge in [0.25, 0.3) is 0 Å². The standard InChI is InChI=1S/C22H32O2.C2H6.H3P.V/c1-7-10-21(3,4)15-12-18(23)20-16-11-14(2)8-9-17(16)22(5,6)24-19(20)13-15;1-2;;/h8,12-13,16-17,23H,7,9-11H2,1-6H3;1-2H3;1H3;/t16-,17-;;;/m1.../s1. The van der Waals surface area contributed by atoms with Crippen LogP contribution < -0.4 is 4.74 Å². The fourth-order valence-corrected chi connectivity index (χ4v) is 4.72. The predicted molar refractivity (Wildman–Crippen MR) is 122 cm³/mol. The van der Waals surface area contributed by atoms with Gasteiger partial charge >= 0.3 is 0 Å². The first-order valence-corrected chi connectivity index (χ1v) is 10.4. The smallest absolute Gasteiger partial charge is 0.127 e. The topological polar surface area (TPSA) is 29.5 Å². The largest absolute Gasteiger partial charge is 0.508 e. The molecule has 0 fully saturated rings. The Labute approximate surface area is 188 Å². The van der Waals surface area contributed by atoms with Crippen molar-refractivity contribution < 1.29 is 28.4 Å². The summed E-state index contributed by atoms with van der Waals surface area (Å²) in [7, 11) is 0. The van der Waals surface area contributed by atoms with Crippen molar-refractivity contribution >= 4 is 9.90 Å². The maximum Gasteiger partial charge on any atom is 0.127 e. The van der Waals surface area contributed by atoms with Crippen LogP contribution in [-0.2, 0) is 24.0 Å². The third-order valence-corrected chi connectivity index (χ3v) is 6.16. The molecule has 1 aromatic carbocycles. The second kappa shape index (κ2) is 10.6. The molecule has 1 aliphatic heterocycles. The van der Waals surface area contributed by atoms with E-state index in [4.69, 9.17) is 4.74 Å². The summed E-state index contributed by atoms with van der Waals surface area (Å²) >= 11 is 0. The second-order valence-corrected chi connectivity index (χ2v) is 8.95. The Kier molecular flexibility index (Phi) is 10.4. The number of allylic oxidation sites excluding steroid dienone is 2. The Bertz CT molecular complexity index is 679. The van der Waals surface area contributed by atoms with Crippen molar-refractivity contribution in [2.75, 3.05) is 0 Å². The van der Waals surface area contributed by atoms with Crippen molar-refractivity contribution in [1.29, 1.82) is 0 Å². The molecule has 3 atom stereocenters. The van der Waals surface area contributed by atoms with Crippen LogP contribution in [0.1, 0.15) is 98.1 Å². The van der Waals surface area contributed by atoms with Crippen LogP contribution in [0.3, 0.4) is 0 Å². The minimum Gasteiger partial charge on any atom is -0.508 e. The summed E-state index contributed by atoms with van der Waals surface area (Å²) in [4.78, 5) is 0. The molecule has 1 N–H and O–H groups in total. The number of hydrogen-bond donors (Lipinski definition) is 1. The van der Waals surface area contributed by atoms with E-state index < -0.39 is 0 Å². The van der Waals surface area contributed by atoms with E-state index >= 15 is 0 Å². The van der Waals surface area contributed by atoms with Crippen molar-refractivity contribution in [1.82, 2.24) is 0 Å². The Morgan fingerprint density at radius 2 is 1.82 bits per heavy atom. The van der Waals surface area contributed by atoms with Crippen LogP contribution >= 0.6 is 9.90 Å². The van der Waals surface area contributed by atoms with Crippen LogP contribution in [0.25, 0.3) is 0 Å². The number of benzene rings is 1. The quantitative estimate of drug-likeness (QED) is 0.397. The monoisotopic (exact) mass is 443 g/mol. The van der Waals surface area contributed by atoms with Gasteiger partial charge in [-0.3, -0.25) is 0 Å². The van der Waals surface area contributed by atoms with Gasteiger partial charge in [-0.2, -0.15) is 9.90 Å². The average Bonchev–Trinajstić information content (AvgIpc) is 2.55. The molecule has 0 bridgehead atoms. The van der Waals surface area contributed by atoms with Crippen LogP contribution in [-0.4, -0.2) is 10.7 Å². The van der Waals surface area contributed by atoms with Gasteiger partial charge in [-0.1, -0.05) is 52.7 Å². The number of fused-ring (bicyclic) bond motifs is 3. The molecule has 159 valence electrons. The van der Waals surface area contributed by atoms with Gasteiger partial charge in [0.05, 0.1) is 0 Å². The van der Waals surface area contributed by atoms with Crippen molar-refractivity contribution in [3.05, 3.63) is 34.9 Å². The first-order chi connectivity index (χ1) is 12.2. The Balaban J connectivity index is 0.00000177. The molecule has 0 amide bonds. The molecule has 0 spiro atoms. The maximum absolute atomic E-state index is 10.9. The summed E-state index contributed by atoms with van der Waals surface area (Å²) in [5.74, 6) is 2.10. The van der Waals surface area contributed by atoms with Crippen molar-refractivity contribution in [2.45, 2.75) is 98.0 Å². The molecule has 2 nitrogen and oxygen atoms in total. The van der Waals surface area contributed by atoms with Gasteiger partial charge in [-0.15, -0.1) is 0 Å². The molecule has 0 saturated heterocycles. The minimum absolute atomic E-state index is 0. The fourth-order valence-electron chi connectivity index (χ4n) is 4.72.